The van der Waals surface area contributed by atoms with Crippen LogP contribution in [0.4, 0.5) is 5.69 Å². The predicted octanol–water partition coefficient (Wildman–Crippen LogP) is 1.57. The summed E-state index contributed by atoms with van der Waals surface area (Å²) < 4.78 is 10.0. The number of piperidine rings is 1. The number of nitrogens with zero attached hydrogens (tertiary/aromatic N) is 3. The van der Waals surface area contributed by atoms with Crippen LogP contribution in [0.2, 0.25) is 0 Å². The number of hydrogen-bond donors (Lipinski definition) is 0. The zero-order chi connectivity index (χ0) is 23.0. The fourth-order valence-electron chi connectivity index (χ4n) is 5.10. The number of ether oxygens (including phenoxy) is 2. The number of terminal acetylenes is 1. The van der Waals surface area contributed by atoms with E-state index in [9.17, 15) is 14.4 Å². The fraction of sp³-hybridized carbons (Fsp3) is 0.333. The van der Waals surface area contributed by atoms with E-state index in [0.29, 0.717) is 18.8 Å². The summed E-state index contributed by atoms with van der Waals surface area (Å²) in [5, 5.41) is 0. The van der Waals surface area contributed by atoms with Gasteiger partial charge in [0.2, 0.25) is 5.91 Å². The highest BCUT2D eigenvalue weighted by Gasteiger charge is 2.63. The summed E-state index contributed by atoms with van der Waals surface area (Å²) in [5.41, 5.74) is 0.814. The third-order valence-electron chi connectivity index (χ3n) is 6.27. The summed E-state index contributed by atoms with van der Waals surface area (Å²) in [6.45, 7) is 4.26. The van der Waals surface area contributed by atoms with Gasteiger partial charge in [0.1, 0.15) is 5.84 Å². The molecule has 8 heteroatoms. The summed E-state index contributed by atoms with van der Waals surface area (Å²) in [7, 11) is 2.47. The molecule has 1 saturated heterocycles. The molecule has 164 valence electrons. The van der Waals surface area contributed by atoms with Gasteiger partial charge in [-0.2, -0.15) is 0 Å². The third kappa shape index (κ3) is 2.78. The van der Waals surface area contributed by atoms with Crippen LogP contribution in [0.1, 0.15) is 18.4 Å². The smallest absolute Gasteiger partial charge is 0.357 e. The van der Waals surface area contributed by atoms with Crippen molar-refractivity contribution in [3.8, 4) is 12.3 Å². The number of methoxy groups -OCH3 is 2. The van der Waals surface area contributed by atoms with Crippen LogP contribution < -0.4 is 4.90 Å². The molecule has 0 unspecified atom stereocenters. The van der Waals surface area contributed by atoms with Crippen molar-refractivity contribution in [2.45, 2.75) is 24.3 Å². The summed E-state index contributed by atoms with van der Waals surface area (Å²) in [4.78, 5) is 46.7. The highest BCUT2D eigenvalue weighted by atomic mass is 16.5. The maximum Gasteiger partial charge on any atom is 0.357 e. The monoisotopic (exact) mass is 433 g/mol. The average Bonchev–Trinajstić information content (AvgIpc) is 3.09. The highest BCUT2D eigenvalue weighted by Crippen LogP contribution is 2.55. The number of anilines is 1. The number of esters is 2. The molecule has 3 aliphatic rings. The zero-order valence-corrected chi connectivity index (χ0v) is 18.0. The molecule has 0 aromatic heterocycles. The fourth-order valence-corrected chi connectivity index (χ4v) is 5.10. The SMILES string of the molecule is C#CCN1C(=O)CC[C@@]23C1=NC(C(=O)OC)=C(C(=O)OC)[C@@H]2N(CC=C)c1ccccc13. The number of rotatable bonds is 5. The predicted molar refractivity (Wildman–Crippen MR) is 118 cm³/mol. The van der Waals surface area contributed by atoms with Crippen LogP contribution in [0.25, 0.3) is 0 Å². The second-order valence-electron chi connectivity index (χ2n) is 7.70. The Balaban J connectivity index is 2.11. The Morgan fingerprint density at radius 1 is 1.31 bits per heavy atom. The van der Waals surface area contributed by atoms with Gasteiger partial charge in [0.15, 0.2) is 5.70 Å². The van der Waals surface area contributed by atoms with Crippen LogP contribution in [-0.4, -0.2) is 61.9 Å². The molecule has 0 N–H and O–H groups in total. The van der Waals surface area contributed by atoms with Gasteiger partial charge in [-0.25, -0.2) is 14.6 Å². The summed E-state index contributed by atoms with van der Waals surface area (Å²) >= 11 is 0. The summed E-state index contributed by atoms with van der Waals surface area (Å²) in [6, 6.07) is 7.05. The number of aliphatic imine (C=N–C) groups is 1. The van der Waals surface area contributed by atoms with Crippen molar-refractivity contribution in [3.63, 3.8) is 0 Å². The minimum atomic E-state index is -0.870. The molecule has 0 aliphatic carbocycles. The number of hydrogen-bond acceptors (Lipinski definition) is 7. The molecule has 3 heterocycles. The molecule has 1 amide bonds. The van der Waals surface area contributed by atoms with Gasteiger partial charge in [0.25, 0.3) is 0 Å². The first-order valence-corrected chi connectivity index (χ1v) is 10.2. The maximum atomic E-state index is 13.1. The topological polar surface area (TPSA) is 88.5 Å². The van der Waals surface area contributed by atoms with E-state index in [0.717, 1.165) is 11.3 Å². The molecule has 1 aromatic rings. The number of benzene rings is 1. The molecule has 8 nitrogen and oxygen atoms in total. The van der Waals surface area contributed by atoms with E-state index in [-0.39, 0.29) is 30.1 Å². The molecule has 1 fully saturated rings. The first-order valence-electron chi connectivity index (χ1n) is 10.2. The van der Waals surface area contributed by atoms with Crippen molar-refractivity contribution in [2.75, 3.05) is 32.2 Å². The molecule has 0 saturated carbocycles. The van der Waals surface area contributed by atoms with Crippen molar-refractivity contribution in [3.05, 3.63) is 53.8 Å². The molecular weight excluding hydrogens is 410 g/mol. The highest BCUT2D eigenvalue weighted by molar-refractivity contribution is 6.16. The summed E-state index contributed by atoms with van der Waals surface area (Å²) in [6.07, 6.45) is 7.91. The Hall–Kier alpha value is -3.86. The summed E-state index contributed by atoms with van der Waals surface area (Å²) in [5.74, 6) is 1.21. The minimum absolute atomic E-state index is 0.00221. The molecule has 3 aliphatic heterocycles. The lowest BCUT2D eigenvalue weighted by molar-refractivity contribution is -0.140. The number of carbonyl (C=O) groups excluding carboxylic acids is 3. The van der Waals surface area contributed by atoms with Crippen LogP contribution in [0, 0.1) is 12.3 Å². The molecule has 2 atom stereocenters. The van der Waals surface area contributed by atoms with E-state index in [4.69, 9.17) is 15.9 Å². The van der Waals surface area contributed by atoms with Crippen LogP contribution in [0.5, 0.6) is 0 Å². The van der Waals surface area contributed by atoms with Gasteiger partial charge in [-0.05, 0) is 18.1 Å². The number of likely N-dealkylation sites (tertiary alicyclic amines) is 1. The molecule has 0 radical (unpaired) electrons. The molecule has 4 rings (SSSR count). The van der Waals surface area contributed by atoms with Crippen molar-refractivity contribution < 1.29 is 23.9 Å². The quantitative estimate of drug-likeness (QED) is 0.398. The van der Waals surface area contributed by atoms with E-state index in [1.165, 1.54) is 19.1 Å². The van der Waals surface area contributed by atoms with Gasteiger partial charge in [0.05, 0.1) is 37.8 Å². The van der Waals surface area contributed by atoms with E-state index in [2.05, 4.69) is 17.5 Å². The Labute approximate surface area is 186 Å². The maximum absolute atomic E-state index is 13.1. The third-order valence-corrected chi connectivity index (χ3v) is 6.27. The normalized spacial score (nSPS) is 23.5. The number of fused-ring (bicyclic) bond motifs is 1. The minimum Gasteiger partial charge on any atom is -0.466 e. The van der Waals surface area contributed by atoms with Crippen LogP contribution in [0.15, 0.2) is 53.2 Å². The lowest BCUT2D eigenvalue weighted by Crippen LogP contribution is -2.63. The number of amides is 1. The lowest BCUT2D eigenvalue weighted by Gasteiger charge is -2.48. The Morgan fingerprint density at radius 3 is 2.69 bits per heavy atom. The van der Waals surface area contributed by atoms with E-state index >= 15 is 0 Å². The van der Waals surface area contributed by atoms with Gasteiger partial charge in [-0.3, -0.25) is 9.69 Å². The van der Waals surface area contributed by atoms with Gasteiger partial charge in [0, 0.05) is 18.7 Å². The van der Waals surface area contributed by atoms with Crippen LogP contribution >= 0.6 is 0 Å². The largest absolute Gasteiger partial charge is 0.466 e. The molecular formula is C24H23N3O5. The van der Waals surface area contributed by atoms with Crippen LogP contribution in [0.3, 0.4) is 0 Å². The van der Waals surface area contributed by atoms with Crippen LogP contribution in [-0.2, 0) is 29.3 Å². The van der Waals surface area contributed by atoms with E-state index in [1.54, 1.807) is 6.08 Å². The lowest BCUT2D eigenvalue weighted by atomic mass is 9.65. The Kier molecular flexibility index (Phi) is 5.35. The second kappa shape index (κ2) is 8.00. The van der Waals surface area contributed by atoms with Gasteiger partial charge in [-0.1, -0.05) is 30.2 Å². The van der Waals surface area contributed by atoms with Gasteiger partial charge >= 0.3 is 11.9 Å². The standard InChI is InChI=1S/C24H23N3O5/c1-5-13-26-16-10-8-7-9-15(16)24-12-11-17(28)27(14-6-2)23(24)25-19(22(30)32-4)18(20(24)26)21(29)31-3/h2,5,7-10,20H,1,11-14H2,3-4H3/t20-,24-/m0/s1. The molecule has 0 bridgehead atoms. The average molecular weight is 433 g/mol. The van der Waals surface area contributed by atoms with Gasteiger partial charge < -0.3 is 14.4 Å². The van der Waals surface area contributed by atoms with Crippen molar-refractivity contribution in [1.29, 1.82) is 0 Å². The molecule has 1 aromatic carbocycles. The Bertz CT molecular complexity index is 1130. The van der Waals surface area contributed by atoms with Crippen molar-refractivity contribution in [2.24, 2.45) is 4.99 Å². The van der Waals surface area contributed by atoms with E-state index < -0.39 is 23.4 Å². The molecule has 1 spiro atoms. The van der Waals surface area contributed by atoms with Crippen molar-refractivity contribution >= 4 is 29.4 Å². The molecule has 32 heavy (non-hydrogen) atoms. The number of para-hydroxylation sites is 1. The van der Waals surface area contributed by atoms with Crippen molar-refractivity contribution in [1.82, 2.24) is 4.90 Å². The first kappa shape index (κ1) is 21.4. The number of amidine groups is 1. The Morgan fingerprint density at radius 2 is 2.03 bits per heavy atom. The first-order chi connectivity index (χ1) is 15.5. The van der Waals surface area contributed by atoms with E-state index in [1.807, 2.05) is 29.2 Å². The number of carbonyl (C=O) groups is 3. The zero-order valence-electron chi connectivity index (χ0n) is 18.0. The van der Waals surface area contributed by atoms with Gasteiger partial charge in [-0.15, -0.1) is 13.0 Å². The second-order valence-corrected chi connectivity index (χ2v) is 7.70.